The van der Waals surface area contributed by atoms with Crippen LogP contribution in [0, 0.1) is 13.8 Å². The molecule has 0 radical (unpaired) electrons. The van der Waals surface area contributed by atoms with Crippen molar-refractivity contribution >= 4 is 33.0 Å². The van der Waals surface area contributed by atoms with Crippen LogP contribution >= 0.6 is 15.9 Å². The van der Waals surface area contributed by atoms with Crippen molar-refractivity contribution < 1.29 is 0 Å². The van der Waals surface area contributed by atoms with Crippen LogP contribution in [-0.4, -0.2) is 20.4 Å². The highest BCUT2D eigenvalue weighted by Crippen LogP contribution is 2.21. The summed E-state index contributed by atoms with van der Waals surface area (Å²) in [6.07, 6.45) is 3.39. The minimum atomic E-state index is -0.164. The first-order chi connectivity index (χ1) is 14.9. The third-order valence-corrected chi connectivity index (χ3v) is 6.07. The predicted octanol–water partition coefficient (Wildman–Crippen LogP) is 5.57. The Morgan fingerprint density at radius 2 is 1.77 bits per heavy atom. The maximum Gasteiger partial charge on any atom is 0.282 e. The quantitative estimate of drug-likeness (QED) is 0.353. The minimum Gasteiger partial charge on any atom is -0.318 e. The average molecular weight is 477 g/mol. The van der Waals surface area contributed by atoms with E-state index in [1.807, 2.05) is 19.1 Å². The van der Waals surface area contributed by atoms with E-state index in [-0.39, 0.29) is 5.56 Å². The molecule has 0 atom stereocenters. The smallest absolute Gasteiger partial charge is 0.282 e. The summed E-state index contributed by atoms with van der Waals surface area (Å²) in [4.78, 5) is 17.7. The molecule has 0 aliphatic heterocycles. The van der Waals surface area contributed by atoms with Crippen molar-refractivity contribution in [3.8, 4) is 5.69 Å². The fourth-order valence-electron chi connectivity index (χ4n) is 3.86. The molecule has 31 heavy (non-hydrogen) atoms. The molecule has 4 rings (SSSR count). The first-order valence-corrected chi connectivity index (χ1v) is 11.3. The lowest BCUT2D eigenvalue weighted by atomic mass is 10.1. The summed E-state index contributed by atoms with van der Waals surface area (Å²) in [5.74, 6) is 0.639. The van der Waals surface area contributed by atoms with Crippen molar-refractivity contribution in [1.29, 1.82) is 0 Å². The van der Waals surface area contributed by atoms with Gasteiger partial charge in [-0.15, -0.1) is 0 Å². The molecule has 0 aliphatic carbocycles. The standard InChI is InChI=1S/C25H25BrN4O/c1-5-18-7-10-21(11-8-18)29-16(3)13-19(17(29)4)15-27-30-24(6-2)28-23-12-9-20(26)14-22(23)25(30)31/h7-15H,5-6H2,1-4H3. The Hall–Kier alpha value is -2.99. The van der Waals surface area contributed by atoms with Crippen LogP contribution in [0.25, 0.3) is 16.6 Å². The average Bonchev–Trinajstić information content (AvgIpc) is 3.06. The highest BCUT2D eigenvalue weighted by Gasteiger charge is 2.12. The van der Waals surface area contributed by atoms with Gasteiger partial charge < -0.3 is 4.57 Å². The molecule has 0 amide bonds. The number of aryl methyl sites for hydroxylation is 3. The summed E-state index contributed by atoms with van der Waals surface area (Å²) in [7, 11) is 0. The van der Waals surface area contributed by atoms with E-state index in [1.54, 1.807) is 12.3 Å². The van der Waals surface area contributed by atoms with E-state index in [9.17, 15) is 4.79 Å². The molecular formula is C25H25BrN4O. The first kappa shape index (κ1) is 21.2. The molecule has 2 aromatic heterocycles. The normalized spacial score (nSPS) is 11.6. The number of hydrogen-bond acceptors (Lipinski definition) is 3. The fourth-order valence-corrected chi connectivity index (χ4v) is 4.22. The zero-order valence-corrected chi connectivity index (χ0v) is 19.8. The Morgan fingerprint density at radius 1 is 1.03 bits per heavy atom. The molecule has 6 heteroatoms. The summed E-state index contributed by atoms with van der Waals surface area (Å²) in [5.41, 5.74) is 6.12. The molecular weight excluding hydrogens is 452 g/mol. The van der Waals surface area contributed by atoms with E-state index < -0.39 is 0 Å². The van der Waals surface area contributed by atoms with Crippen molar-refractivity contribution in [2.45, 2.75) is 40.5 Å². The van der Waals surface area contributed by atoms with E-state index in [0.29, 0.717) is 23.1 Å². The van der Waals surface area contributed by atoms with Gasteiger partial charge in [0.15, 0.2) is 0 Å². The molecule has 0 bridgehead atoms. The summed E-state index contributed by atoms with van der Waals surface area (Å²) in [6, 6.07) is 16.2. The van der Waals surface area contributed by atoms with Crippen LogP contribution in [0.5, 0.6) is 0 Å². The second kappa shape index (κ2) is 8.63. The topological polar surface area (TPSA) is 52.2 Å². The maximum absolute atomic E-state index is 13.1. The number of halogens is 1. The summed E-state index contributed by atoms with van der Waals surface area (Å²) in [6.45, 7) is 8.28. The SMILES string of the molecule is CCc1ccc(-n2c(C)cc(C=Nn3c(CC)nc4ccc(Br)cc4c3=O)c2C)cc1. The van der Waals surface area contributed by atoms with Gasteiger partial charge in [0, 0.05) is 33.5 Å². The van der Waals surface area contributed by atoms with Gasteiger partial charge in [0.2, 0.25) is 0 Å². The minimum absolute atomic E-state index is 0.164. The highest BCUT2D eigenvalue weighted by atomic mass is 79.9. The Kier molecular flexibility index (Phi) is 5.92. The van der Waals surface area contributed by atoms with Crippen LogP contribution in [0.2, 0.25) is 0 Å². The Bertz CT molecular complexity index is 1350. The third kappa shape index (κ3) is 4.00. The fraction of sp³-hybridized carbons (Fsp3) is 0.240. The Labute approximate surface area is 190 Å². The lowest BCUT2D eigenvalue weighted by Crippen LogP contribution is -2.22. The number of hydrogen-bond donors (Lipinski definition) is 0. The van der Waals surface area contributed by atoms with E-state index in [4.69, 9.17) is 0 Å². The van der Waals surface area contributed by atoms with Gasteiger partial charge in [-0.25, -0.2) is 4.98 Å². The van der Waals surface area contributed by atoms with Gasteiger partial charge in [-0.2, -0.15) is 9.78 Å². The van der Waals surface area contributed by atoms with Crippen LogP contribution in [0.3, 0.4) is 0 Å². The van der Waals surface area contributed by atoms with Crippen molar-refractivity contribution in [3.05, 3.63) is 91.7 Å². The second-order valence-electron chi connectivity index (χ2n) is 7.59. The zero-order chi connectivity index (χ0) is 22.1. The zero-order valence-electron chi connectivity index (χ0n) is 18.2. The van der Waals surface area contributed by atoms with Crippen LogP contribution in [0.1, 0.15) is 42.2 Å². The van der Waals surface area contributed by atoms with E-state index in [1.165, 1.54) is 10.2 Å². The molecule has 2 aromatic carbocycles. The highest BCUT2D eigenvalue weighted by molar-refractivity contribution is 9.10. The molecule has 0 unspecified atom stereocenters. The Morgan fingerprint density at radius 3 is 2.45 bits per heavy atom. The van der Waals surface area contributed by atoms with Crippen LogP contribution in [-0.2, 0) is 12.8 Å². The predicted molar refractivity (Wildman–Crippen MR) is 131 cm³/mol. The van der Waals surface area contributed by atoms with Crippen LogP contribution < -0.4 is 5.56 Å². The Balaban J connectivity index is 1.78. The van der Waals surface area contributed by atoms with Crippen molar-refractivity contribution in [2.24, 2.45) is 5.10 Å². The number of benzene rings is 2. The molecule has 0 saturated heterocycles. The van der Waals surface area contributed by atoms with Gasteiger partial charge in [-0.05, 0) is 62.2 Å². The number of aromatic nitrogens is 3. The monoisotopic (exact) mass is 476 g/mol. The maximum atomic E-state index is 13.1. The number of nitrogens with zero attached hydrogens (tertiary/aromatic N) is 4. The molecule has 2 heterocycles. The lowest BCUT2D eigenvalue weighted by Gasteiger charge is -2.10. The van der Waals surface area contributed by atoms with Gasteiger partial charge >= 0.3 is 0 Å². The van der Waals surface area contributed by atoms with Gasteiger partial charge in [-0.1, -0.05) is 41.9 Å². The van der Waals surface area contributed by atoms with Crippen molar-refractivity contribution in [1.82, 2.24) is 14.2 Å². The molecule has 0 N–H and O–H groups in total. The van der Waals surface area contributed by atoms with E-state index >= 15 is 0 Å². The van der Waals surface area contributed by atoms with Crippen molar-refractivity contribution in [3.63, 3.8) is 0 Å². The largest absolute Gasteiger partial charge is 0.318 e. The molecule has 0 spiro atoms. The van der Waals surface area contributed by atoms with E-state index in [0.717, 1.165) is 33.5 Å². The lowest BCUT2D eigenvalue weighted by molar-refractivity contribution is 0.734. The van der Waals surface area contributed by atoms with Gasteiger partial charge in [0.1, 0.15) is 5.82 Å². The number of fused-ring (bicyclic) bond motifs is 1. The molecule has 0 saturated carbocycles. The molecule has 5 nitrogen and oxygen atoms in total. The molecule has 4 aromatic rings. The van der Waals surface area contributed by atoms with Crippen LogP contribution in [0.15, 0.2) is 62.9 Å². The third-order valence-electron chi connectivity index (χ3n) is 5.58. The first-order valence-electron chi connectivity index (χ1n) is 10.5. The van der Waals surface area contributed by atoms with E-state index in [2.05, 4.69) is 81.7 Å². The van der Waals surface area contributed by atoms with Crippen molar-refractivity contribution in [2.75, 3.05) is 0 Å². The number of rotatable bonds is 5. The second-order valence-corrected chi connectivity index (χ2v) is 8.50. The molecule has 158 valence electrons. The summed E-state index contributed by atoms with van der Waals surface area (Å²) in [5, 5.41) is 5.10. The molecule has 0 fully saturated rings. The summed E-state index contributed by atoms with van der Waals surface area (Å²) >= 11 is 3.44. The van der Waals surface area contributed by atoms with Gasteiger partial charge in [-0.3, -0.25) is 4.79 Å². The van der Waals surface area contributed by atoms with Crippen LogP contribution in [0.4, 0.5) is 0 Å². The van der Waals surface area contributed by atoms with Gasteiger partial charge in [0.05, 0.1) is 17.1 Å². The summed E-state index contributed by atoms with van der Waals surface area (Å²) < 4.78 is 4.47. The van der Waals surface area contributed by atoms with Gasteiger partial charge in [0.25, 0.3) is 5.56 Å². The molecule has 0 aliphatic rings.